The molecule has 0 aromatic heterocycles. The van der Waals surface area contributed by atoms with E-state index in [1.807, 2.05) is 33.8 Å². The van der Waals surface area contributed by atoms with Gasteiger partial charge in [0.05, 0.1) is 12.7 Å². The van der Waals surface area contributed by atoms with Gasteiger partial charge >= 0.3 is 10.1 Å². The average Bonchev–Trinajstić information content (AvgIpc) is 2.88. The molecule has 0 aliphatic carbocycles. The highest BCUT2D eigenvalue weighted by Crippen LogP contribution is 2.31. The van der Waals surface area contributed by atoms with Crippen molar-refractivity contribution in [1.29, 1.82) is 0 Å². The monoisotopic (exact) mass is 528 g/mol. The SMILES string of the molecule is CCN(CC)c1ccc(CN(C(=O)c2ccccc2F)C(C)C)c(OS(=O)(=O)c2ccc(OC)cc2)c1. The standard InChI is InChI=1S/C28H33FN2O5S/c1-6-30(7-2)22-13-12-21(19-31(20(3)4)28(32)25-10-8-9-11-26(25)29)27(18-22)36-37(33,34)24-16-14-23(35-5)15-17-24/h8-18,20H,6-7,19H2,1-5H3. The quantitative estimate of drug-likeness (QED) is 0.306. The van der Waals surface area contributed by atoms with Crippen LogP contribution in [0.5, 0.6) is 11.5 Å². The maximum atomic E-state index is 14.4. The van der Waals surface area contributed by atoms with Crippen LogP contribution in [0.25, 0.3) is 0 Å². The van der Waals surface area contributed by atoms with Crippen molar-refractivity contribution in [2.24, 2.45) is 0 Å². The molecule has 37 heavy (non-hydrogen) atoms. The van der Waals surface area contributed by atoms with Crippen molar-refractivity contribution in [3.8, 4) is 11.5 Å². The smallest absolute Gasteiger partial charge is 0.339 e. The normalized spacial score (nSPS) is 11.3. The summed E-state index contributed by atoms with van der Waals surface area (Å²) in [5.74, 6) is -0.493. The summed E-state index contributed by atoms with van der Waals surface area (Å²) < 4.78 is 51.5. The minimum Gasteiger partial charge on any atom is -0.497 e. The molecule has 0 atom stereocenters. The van der Waals surface area contributed by atoms with Crippen LogP contribution in [0.3, 0.4) is 0 Å². The number of ether oxygens (including phenoxy) is 1. The molecule has 0 saturated heterocycles. The van der Waals surface area contributed by atoms with Crippen LogP contribution < -0.4 is 13.8 Å². The molecule has 0 fully saturated rings. The van der Waals surface area contributed by atoms with Crippen molar-refractivity contribution in [3.05, 3.63) is 83.7 Å². The lowest BCUT2D eigenvalue weighted by molar-refractivity contribution is 0.0685. The third-order valence-electron chi connectivity index (χ3n) is 6.06. The topological polar surface area (TPSA) is 76.2 Å². The van der Waals surface area contributed by atoms with Gasteiger partial charge in [-0.15, -0.1) is 0 Å². The highest BCUT2D eigenvalue weighted by molar-refractivity contribution is 7.87. The minimum absolute atomic E-state index is 0.0246. The summed E-state index contributed by atoms with van der Waals surface area (Å²) in [6, 6.07) is 16.7. The van der Waals surface area contributed by atoms with E-state index in [1.54, 1.807) is 18.2 Å². The fraction of sp³-hybridized carbons (Fsp3) is 0.321. The van der Waals surface area contributed by atoms with E-state index in [1.165, 1.54) is 54.5 Å². The van der Waals surface area contributed by atoms with Gasteiger partial charge < -0.3 is 18.7 Å². The lowest BCUT2D eigenvalue weighted by Gasteiger charge is -2.29. The highest BCUT2D eigenvalue weighted by atomic mass is 32.2. The van der Waals surface area contributed by atoms with Gasteiger partial charge in [0, 0.05) is 43.0 Å². The number of nitrogens with zero attached hydrogens (tertiary/aromatic N) is 2. The first kappa shape index (κ1) is 28.0. The molecule has 0 N–H and O–H groups in total. The Labute approximate surface area is 218 Å². The van der Waals surface area contributed by atoms with Gasteiger partial charge in [0.1, 0.15) is 22.2 Å². The predicted molar refractivity (Wildman–Crippen MR) is 142 cm³/mol. The Morgan fingerprint density at radius 3 is 2.19 bits per heavy atom. The highest BCUT2D eigenvalue weighted by Gasteiger charge is 2.25. The predicted octanol–water partition coefficient (Wildman–Crippen LogP) is 5.50. The van der Waals surface area contributed by atoms with E-state index in [9.17, 15) is 17.6 Å². The van der Waals surface area contributed by atoms with Crippen molar-refractivity contribution in [2.45, 2.75) is 45.2 Å². The molecule has 3 aromatic rings. The van der Waals surface area contributed by atoms with Crippen molar-refractivity contribution in [2.75, 3.05) is 25.1 Å². The summed E-state index contributed by atoms with van der Waals surface area (Å²) >= 11 is 0. The summed E-state index contributed by atoms with van der Waals surface area (Å²) in [5, 5.41) is 0. The van der Waals surface area contributed by atoms with Crippen LogP contribution in [-0.4, -0.2) is 45.5 Å². The number of amides is 1. The molecule has 0 heterocycles. The van der Waals surface area contributed by atoms with Crippen LogP contribution in [-0.2, 0) is 16.7 Å². The second kappa shape index (κ2) is 12.1. The fourth-order valence-corrected chi connectivity index (χ4v) is 4.86. The molecule has 1 amide bonds. The number of benzene rings is 3. The van der Waals surface area contributed by atoms with E-state index in [-0.39, 0.29) is 28.8 Å². The van der Waals surface area contributed by atoms with Gasteiger partial charge in [-0.1, -0.05) is 18.2 Å². The Hall–Kier alpha value is -3.59. The van der Waals surface area contributed by atoms with Gasteiger partial charge in [-0.25, -0.2) is 4.39 Å². The first-order valence-electron chi connectivity index (χ1n) is 12.1. The summed E-state index contributed by atoms with van der Waals surface area (Å²) in [4.78, 5) is 16.8. The molecule has 0 unspecified atom stereocenters. The molecule has 0 aliphatic rings. The van der Waals surface area contributed by atoms with Gasteiger partial charge in [-0.05, 0) is 70.2 Å². The van der Waals surface area contributed by atoms with E-state index >= 15 is 0 Å². The third-order valence-corrected chi connectivity index (χ3v) is 7.30. The first-order valence-corrected chi connectivity index (χ1v) is 13.5. The van der Waals surface area contributed by atoms with Crippen molar-refractivity contribution in [3.63, 3.8) is 0 Å². The maximum Gasteiger partial charge on any atom is 0.339 e. The molecular weight excluding hydrogens is 495 g/mol. The summed E-state index contributed by atoms with van der Waals surface area (Å²) in [7, 11) is -2.70. The number of halogens is 1. The minimum atomic E-state index is -4.19. The number of rotatable bonds is 11. The Kier molecular flexibility index (Phi) is 9.15. The zero-order valence-corrected chi connectivity index (χ0v) is 22.6. The van der Waals surface area contributed by atoms with Crippen LogP contribution in [0.1, 0.15) is 43.6 Å². The zero-order chi connectivity index (χ0) is 27.2. The first-order chi connectivity index (χ1) is 17.6. The molecule has 0 saturated carbocycles. The Morgan fingerprint density at radius 2 is 1.62 bits per heavy atom. The number of carbonyl (C=O) groups is 1. The molecule has 0 aliphatic heterocycles. The van der Waals surface area contributed by atoms with Crippen LogP contribution in [0.2, 0.25) is 0 Å². The van der Waals surface area contributed by atoms with E-state index in [4.69, 9.17) is 8.92 Å². The van der Waals surface area contributed by atoms with Crippen LogP contribution in [0, 0.1) is 5.82 Å². The molecular formula is C28H33FN2O5S. The maximum absolute atomic E-state index is 14.4. The lowest BCUT2D eigenvalue weighted by Crippen LogP contribution is -2.37. The van der Waals surface area contributed by atoms with E-state index < -0.39 is 21.8 Å². The van der Waals surface area contributed by atoms with Gasteiger partial charge in [0.15, 0.2) is 0 Å². The third kappa shape index (κ3) is 6.60. The van der Waals surface area contributed by atoms with Gasteiger partial charge in [-0.3, -0.25) is 4.79 Å². The molecule has 9 heteroatoms. The van der Waals surface area contributed by atoms with E-state index in [2.05, 4.69) is 4.90 Å². The molecule has 3 rings (SSSR count). The summed E-state index contributed by atoms with van der Waals surface area (Å²) in [6.45, 7) is 9.08. The lowest BCUT2D eigenvalue weighted by atomic mass is 10.1. The molecule has 198 valence electrons. The summed E-state index contributed by atoms with van der Waals surface area (Å²) in [6.07, 6.45) is 0. The van der Waals surface area contributed by atoms with E-state index in [0.29, 0.717) is 24.4 Å². The molecule has 0 spiro atoms. The zero-order valence-electron chi connectivity index (χ0n) is 21.8. The number of methoxy groups -OCH3 is 1. The van der Waals surface area contributed by atoms with Gasteiger partial charge in [-0.2, -0.15) is 8.42 Å². The number of carbonyl (C=O) groups excluding carboxylic acids is 1. The fourth-order valence-electron chi connectivity index (χ4n) is 3.91. The molecule has 0 radical (unpaired) electrons. The van der Waals surface area contributed by atoms with Crippen LogP contribution in [0.4, 0.5) is 10.1 Å². The van der Waals surface area contributed by atoms with Crippen molar-refractivity contribution >= 4 is 21.7 Å². The molecule has 7 nitrogen and oxygen atoms in total. The van der Waals surface area contributed by atoms with Crippen molar-refractivity contribution < 1.29 is 26.5 Å². The number of hydrogen-bond donors (Lipinski definition) is 0. The second-order valence-corrected chi connectivity index (χ2v) is 10.2. The largest absolute Gasteiger partial charge is 0.497 e. The molecule has 0 bridgehead atoms. The number of anilines is 1. The second-order valence-electron chi connectivity index (χ2n) is 8.68. The van der Waals surface area contributed by atoms with E-state index in [0.717, 1.165) is 5.69 Å². The Morgan fingerprint density at radius 1 is 0.973 bits per heavy atom. The Balaban J connectivity index is 2.03. The average molecular weight is 529 g/mol. The number of hydrogen-bond acceptors (Lipinski definition) is 6. The van der Waals surface area contributed by atoms with Gasteiger partial charge in [0.25, 0.3) is 5.91 Å². The van der Waals surface area contributed by atoms with Gasteiger partial charge in [0.2, 0.25) is 0 Å². The van der Waals surface area contributed by atoms with Crippen LogP contribution >= 0.6 is 0 Å². The summed E-state index contributed by atoms with van der Waals surface area (Å²) in [5.41, 5.74) is 1.21. The molecule has 3 aromatic carbocycles. The Bertz CT molecular complexity index is 1320. The van der Waals surface area contributed by atoms with Crippen LogP contribution in [0.15, 0.2) is 71.6 Å². The van der Waals surface area contributed by atoms with Crippen molar-refractivity contribution in [1.82, 2.24) is 4.90 Å².